The molecule has 0 saturated heterocycles. The smallest absolute Gasteiger partial charge is 0.457 e. The standard InChI is InChI=1S/C20H42NO7P/c1-3-5-7-8-9-10-11-12-15-25-17-19(28-20(22)13-6-4-2)18-27-29(23,24)26-16-14-21/h19H,3-18,21H2,1-2H3,(H,23,24). The minimum Gasteiger partial charge on any atom is -0.457 e. The van der Waals surface area contributed by atoms with Crippen molar-refractivity contribution in [3.05, 3.63) is 0 Å². The molecule has 0 aliphatic rings. The first kappa shape index (κ1) is 28.5. The predicted molar refractivity (Wildman–Crippen MR) is 114 cm³/mol. The quantitative estimate of drug-likeness (QED) is 0.154. The fourth-order valence-corrected chi connectivity index (χ4v) is 3.38. The summed E-state index contributed by atoms with van der Waals surface area (Å²) in [5.74, 6) is -0.369. The summed E-state index contributed by atoms with van der Waals surface area (Å²) < 4.78 is 32.3. The molecule has 0 aliphatic carbocycles. The molecular weight excluding hydrogens is 397 g/mol. The second kappa shape index (κ2) is 19.5. The molecule has 174 valence electrons. The van der Waals surface area contributed by atoms with Crippen LogP contribution in [0.1, 0.15) is 84.5 Å². The highest BCUT2D eigenvalue weighted by Crippen LogP contribution is 2.43. The van der Waals surface area contributed by atoms with Crippen molar-refractivity contribution in [2.75, 3.05) is 33.0 Å². The molecule has 0 amide bonds. The summed E-state index contributed by atoms with van der Waals surface area (Å²) >= 11 is 0. The number of unbranched alkanes of at least 4 members (excludes halogenated alkanes) is 8. The summed E-state index contributed by atoms with van der Waals surface area (Å²) in [6.45, 7) is 4.60. The number of ether oxygens (including phenoxy) is 2. The minimum atomic E-state index is -4.22. The third-order valence-electron chi connectivity index (χ3n) is 4.27. The number of phosphoric ester groups is 1. The van der Waals surface area contributed by atoms with Crippen LogP contribution in [0, 0.1) is 0 Å². The summed E-state index contributed by atoms with van der Waals surface area (Å²) in [4.78, 5) is 21.5. The van der Waals surface area contributed by atoms with Gasteiger partial charge < -0.3 is 20.1 Å². The number of esters is 1. The van der Waals surface area contributed by atoms with Crippen LogP contribution < -0.4 is 5.73 Å². The summed E-state index contributed by atoms with van der Waals surface area (Å²) in [5, 5.41) is 0. The molecular formula is C20H42NO7P. The van der Waals surface area contributed by atoms with Gasteiger partial charge in [-0.1, -0.05) is 65.2 Å². The van der Waals surface area contributed by atoms with Crippen LogP contribution in [0.2, 0.25) is 0 Å². The summed E-state index contributed by atoms with van der Waals surface area (Å²) in [5.41, 5.74) is 5.25. The second-order valence-corrected chi connectivity index (χ2v) is 8.60. The highest BCUT2D eigenvalue weighted by molar-refractivity contribution is 7.47. The van der Waals surface area contributed by atoms with Crippen LogP contribution in [0.25, 0.3) is 0 Å². The Balaban J connectivity index is 4.14. The number of hydrogen-bond acceptors (Lipinski definition) is 7. The predicted octanol–water partition coefficient (Wildman–Crippen LogP) is 4.34. The molecule has 2 unspecified atom stereocenters. The van der Waals surface area contributed by atoms with Crippen LogP contribution in [-0.4, -0.2) is 49.9 Å². The van der Waals surface area contributed by atoms with Gasteiger partial charge in [0, 0.05) is 19.6 Å². The average Bonchev–Trinajstić information content (AvgIpc) is 2.70. The van der Waals surface area contributed by atoms with E-state index in [1.807, 2.05) is 6.92 Å². The normalized spacial score (nSPS) is 14.5. The minimum absolute atomic E-state index is 0.0936. The number of carbonyl (C=O) groups is 1. The van der Waals surface area contributed by atoms with Gasteiger partial charge in [-0.2, -0.15) is 0 Å². The van der Waals surface area contributed by atoms with Crippen molar-refractivity contribution >= 4 is 13.8 Å². The number of phosphoric acid groups is 1. The molecule has 0 bridgehead atoms. The van der Waals surface area contributed by atoms with Gasteiger partial charge in [-0.15, -0.1) is 0 Å². The zero-order chi connectivity index (χ0) is 21.8. The van der Waals surface area contributed by atoms with E-state index in [0.717, 1.165) is 25.7 Å². The Morgan fingerprint density at radius 3 is 2.14 bits per heavy atom. The lowest BCUT2D eigenvalue weighted by molar-refractivity contribution is -0.154. The fraction of sp³-hybridized carbons (Fsp3) is 0.950. The van der Waals surface area contributed by atoms with Crippen molar-refractivity contribution in [3.63, 3.8) is 0 Å². The maximum atomic E-state index is 11.9. The van der Waals surface area contributed by atoms with Gasteiger partial charge in [-0.25, -0.2) is 4.57 Å². The summed E-state index contributed by atoms with van der Waals surface area (Å²) in [6.07, 6.45) is 10.8. The maximum absolute atomic E-state index is 11.9. The monoisotopic (exact) mass is 439 g/mol. The van der Waals surface area contributed by atoms with E-state index in [0.29, 0.717) is 13.0 Å². The molecule has 0 aromatic rings. The first-order chi connectivity index (χ1) is 13.9. The van der Waals surface area contributed by atoms with E-state index in [-0.39, 0.29) is 32.3 Å². The molecule has 29 heavy (non-hydrogen) atoms. The molecule has 0 rings (SSSR count). The Morgan fingerprint density at radius 1 is 0.897 bits per heavy atom. The Morgan fingerprint density at radius 2 is 1.52 bits per heavy atom. The molecule has 0 fully saturated rings. The summed E-state index contributed by atoms with van der Waals surface area (Å²) in [7, 11) is -4.22. The highest BCUT2D eigenvalue weighted by atomic mass is 31.2. The SMILES string of the molecule is CCCCCCCCCCOCC(COP(=O)(O)OCCN)OC(=O)CCCC. The van der Waals surface area contributed by atoms with Crippen LogP contribution in [0.5, 0.6) is 0 Å². The molecule has 0 heterocycles. The average molecular weight is 440 g/mol. The van der Waals surface area contributed by atoms with E-state index in [9.17, 15) is 14.3 Å². The van der Waals surface area contributed by atoms with Crippen molar-refractivity contribution in [2.24, 2.45) is 5.73 Å². The molecule has 0 aromatic carbocycles. The van der Waals surface area contributed by atoms with Gasteiger partial charge in [0.15, 0.2) is 0 Å². The van der Waals surface area contributed by atoms with Crippen LogP contribution in [0.15, 0.2) is 0 Å². The first-order valence-electron chi connectivity index (χ1n) is 11.0. The lowest BCUT2D eigenvalue weighted by Gasteiger charge is -2.20. The Hall–Kier alpha value is -0.500. The Labute approximate surface area is 176 Å². The third-order valence-corrected chi connectivity index (χ3v) is 5.26. The lowest BCUT2D eigenvalue weighted by atomic mass is 10.1. The number of rotatable bonds is 21. The van der Waals surface area contributed by atoms with Gasteiger partial charge in [0.1, 0.15) is 6.10 Å². The lowest BCUT2D eigenvalue weighted by Crippen LogP contribution is -2.28. The molecule has 0 radical (unpaired) electrons. The van der Waals surface area contributed by atoms with Crippen LogP contribution in [0.4, 0.5) is 0 Å². The van der Waals surface area contributed by atoms with E-state index in [1.54, 1.807) is 0 Å². The van der Waals surface area contributed by atoms with E-state index < -0.39 is 13.9 Å². The summed E-state index contributed by atoms with van der Waals surface area (Å²) in [6, 6.07) is 0. The largest absolute Gasteiger partial charge is 0.472 e. The zero-order valence-electron chi connectivity index (χ0n) is 18.3. The van der Waals surface area contributed by atoms with Gasteiger partial charge in [0.25, 0.3) is 0 Å². The van der Waals surface area contributed by atoms with Gasteiger partial charge in [-0.05, 0) is 12.8 Å². The molecule has 3 N–H and O–H groups in total. The maximum Gasteiger partial charge on any atom is 0.472 e. The van der Waals surface area contributed by atoms with Crippen molar-refractivity contribution in [2.45, 2.75) is 90.6 Å². The molecule has 0 saturated carbocycles. The Kier molecular flexibility index (Phi) is 19.1. The van der Waals surface area contributed by atoms with E-state index >= 15 is 0 Å². The fourth-order valence-electron chi connectivity index (χ4n) is 2.62. The van der Waals surface area contributed by atoms with Gasteiger partial charge in [0.2, 0.25) is 0 Å². The molecule has 8 nitrogen and oxygen atoms in total. The molecule has 0 aromatic heterocycles. The highest BCUT2D eigenvalue weighted by Gasteiger charge is 2.25. The van der Waals surface area contributed by atoms with Crippen LogP contribution in [0.3, 0.4) is 0 Å². The van der Waals surface area contributed by atoms with E-state index in [4.69, 9.17) is 19.7 Å². The van der Waals surface area contributed by atoms with Gasteiger partial charge in [-0.3, -0.25) is 13.8 Å². The van der Waals surface area contributed by atoms with E-state index in [2.05, 4.69) is 11.4 Å². The number of hydrogen-bond donors (Lipinski definition) is 2. The van der Waals surface area contributed by atoms with Crippen molar-refractivity contribution < 1.29 is 32.8 Å². The van der Waals surface area contributed by atoms with Crippen molar-refractivity contribution in [1.29, 1.82) is 0 Å². The Bertz CT molecular complexity index is 437. The first-order valence-corrected chi connectivity index (χ1v) is 12.5. The zero-order valence-corrected chi connectivity index (χ0v) is 19.2. The van der Waals surface area contributed by atoms with E-state index in [1.165, 1.54) is 38.5 Å². The molecule has 2 atom stereocenters. The molecule has 9 heteroatoms. The number of carbonyl (C=O) groups excluding carboxylic acids is 1. The van der Waals surface area contributed by atoms with Crippen molar-refractivity contribution in [3.8, 4) is 0 Å². The van der Waals surface area contributed by atoms with Gasteiger partial charge in [0.05, 0.1) is 19.8 Å². The third kappa shape index (κ3) is 19.2. The van der Waals surface area contributed by atoms with Gasteiger partial charge >= 0.3 is 13.8 Å². The molecule has 0 spiro atoms. The second-order valence-electron chi connectivity index (χ2n) is 7.15. The van der Waals surface area contributed by atoms with Crippen molar-refractivity contribution in [1.82, 2.24) is 0 Å². The number of nitrogens with two attached hydrogens (primary N) is 1. The topological polar surface area (TPSA) is 117 Å². The molecule has 0 aliphatic heterocycles. The van der Waals surface area contributed by atoms with Crippen LogP contribution in [-0.2, 0) is 27.9 Å². The van der Waals surface area contributed by atoms with Crippen LogP contribution >= 0.6 is 7.82 Å².